The number of aliphatic imine (C=N–C) groups is 4. The molecule has 0 unspecified atom stereocenters. The van der Waals surface area contributed by atoms with E-state index in [9.17, 15) is 0 Å². The molecule has 0 bridgehead atoms. The summed E-state index contributed by atoms with van der Waals surface area (Å²) < 4.78 is 0. The zero-order chi connectivity index (χ0) is 31.9. The Morgan fingerprint density at radius 3 is 0.929 bits per heavy atom. The van der Waals surface area contributed by atoms with Gasteiger partial charge in [-0.15, -0.1) is 26.7 Å². The predicted molar refractivity (Wildman–Crippen MR) is 187 cm³/mol. The number of rotatable bonds is 12. The predicted octanol–water partition coefficient (Wildman–Crippen LogP) is 9.49. The summed E-state index contributed by atoms with van der Waals surface area (Å²) in [5.41, 5.74) is 8.28. The van der Waals surface area contributed by atoms with Gasteiger partial charge in [-0.05, 0) is 34.6 Å². The average Bonchev–Trinajstić information content (AvgIpc) is 2.89. The third-order valence-electron chi connectivity index (χ3n) is 4.71. The molecule has 0 N–H and O–H groups in total. The SMILES string of the molecule is CCN=C(C)/C=C(/C)[N-]C.CC[N-]/C(C)=C\C(C)=NC.CC[N-]/C(C)=C\C(C)=NC.CC[N-]/C(C)=C\C(C)=NC.[Cu+2].[Cu+2]. The fourth-order valence-corrected chi connectivity index (χ4v) is 2.65. The Bertz CT molecular complexity index is 795. The van der Waals surface area contributed by atoms with Crippen LogP contribution < -0.4 is 0 Å². The van der Waals surface area contributed by atoms with E-state index >= 15 is 0 Å². The number of hydrogen-bond acceptors (Lipinski definition) is 4. The van der Waals surface area contributed by atoms with E-state index in [2.05, 4.69) is 41.2 Å². The Morgan fingerprint density at radius 1 is 0.476 bits per heavy atom. The summed E-state index contributed by atoms with van der Waals surface area (Å²) >= 11 is 0. The number of hydrogen-bond donors (Lipinski definition) is 0. The molecule has 0 aliphatic carbocycles. The molecule has 42 heavy (non-hydrogen) atoms. The van der Waals surface area contributed by atoms with Crippen LogP contribution >= 0.6 is 0 Å². The van der Waals surface area contributed by atoms with Crippen LogP contribution in [0.25, 0.3) is 21.3 Å². The zero-order valence-electron chi connectivity index (χ0n) is 29.3. The van der Waals surface area contributed by atoms with E-state index in [0.717, 1.165) is 71.8 Å². The van der Waals surface area contributed by atoms with Crippen molar-refractivity contribution in [3.63, 3.8) is 0 Å². The Hall–Kier alpha value is -2.12. The average molecular weight is 684 g/mol. The van der Waals surface area contributed by atoms with Gasteiger partial charge in [-0.2, -0.15) is 22.8 Å². The third kappa shape index (κ3) is 44.9. The second kappa shape index (κ2) is 38.9. The fraction of sp³-hybridized carbons (Fsp3) is 0.625. The summed E-state index contributed by atoms with van der Waals surface area (Å²) in [4.78, 5) is 16.2. The molecule has 10 heteroatoms. The summed E-state index contributed by atoms with van der Waals surface area (Å²) in [6.07, 6.45) is 7.90. The van der Waals surface area contributed by atoms with Crippen LogP contribution in [-0.4, -0.2) is 77.2 Å². The maximum Gasteiger partial charge on any atom is 2.00 e. The van der Waals surface area contributed by atoms with Gasteiger partial charge >= 0.3 is 34.1 Å². The van der Waals surface area contributed by atoms with E-state index in [1.807, 2.05) is 107 Å². The minimum Gasteiger partial charge on any atom is -0.691 e. The first-order valence-corrected chi connectivity index (χ1v) is 14.0. The van der Waals surface area contributed by atoms with Gasteiger partial charge in [-0.25, -0.2) is 0 Å². The molecule has 2 radical (unpaired) electrons. The van der Waals surface area contributed by atoms with Crippen LogP contribution in [0.15, 0.2) is 67.1 Å². The van der Waals surface area contributed by atoms with Crippen molar-refractivity contribution in [3.05, 3.63) is 68.4 Å². The monoisotopic (exact) mass is 682 g/mol. The van der Waals surface area contributed by atoms with Gasteiger partial charge in [0.15, 0.2) is 0 Å². The minimum absolute atomic E-state index is 0. The van der Waals surface area contributed by atoms with Crippen molar-refractivity contribution in [1.29, 1.82) is 0 Å². The summed E-state index contributed by atoms with van der Waals surface area (Å²) in [6, 6.07) is 0. The van der Waals surface area contributed by atoms with Crippen molar-refractivity contribution in [2.75, 3.05) is 54.4 Å². The van der Waals surface area contributed by atoms with Crippen LogP contribution in [0.1, 0.15) is 83.1 Å². The maximum absolute atomic E-state index is 4.19. The van der Waals surface area contributed by atoms with E-state index in [0.29, 0.717) is 0 Å². The molecule has 0 fully saturated rings. The second-order valence-corrected chi connectivity index (χ2v) is 8.50. The third-order valence-corrected chi connectivity index (χ3v) is 4.71. The molecular weight excluding hydrogens is 624 g/mol. The van der Waals surface area contributed by atoms with Crippen LogP contribution in [0.4, 0.5) is 0 Å². The molecule has 0 saturated heterocycles. The molecular formula is C32H60Cu2N8. The number of nitrogens with zero attached hydrogens (tertiary/aromatic N) is 8. The molecule has 0 aliphatic rings. The molecule has 0 saturated carbocycles. The normalized spacial score (nSPS) is 13.0. The van der Waals surface area contributed by atoms with Crippen LogP contribution in [0.3, 0.4) is 0 Å². The van der Waals surface area contributed by atoms with Crippen molar-refractivity contribution in [2.24, 2.45) is 20.0 Å². The molecule has 8 nitrogen and oxygen atoms in total. The molecule has 0 aromatic carbocycles. The van der Waals surface area contributed by atoms with E-state index in [1.165, 1.54) is 0 Å². The van der Waals surface area contributed by atoms with E-state index in [4.69, 9.17) is 0 Å². The summed E-state index contributed by atoms with van der Waals surface area (Å²) in [5.74, 6) is 0. The van der Waals surface area contributed by atoms with Crippen LogP contribution in [0.5, 0.6) is 0 Å². The van der Waals surface area contributed by atoms with Gasteiger partial charge < -0.3 is 21.3 Å². The topological polar surface area (TPSA) is 106 Å². The van der Waals surface area contributed by atoms with Crippen molar-refractivity contribution >= 4 is 22.8 Å². The Morgan fingerprint density at radius 2 is 0.738 bits per heavy atom. The van der Waals surface area contributed by atoms with Crippen LogP contribution in [0.2, 0.25) is 0 Å². The van der Waals surface area contributed by atoms with Gasteiger partial charge in [0.2, 0.25) is 0 Å². The van der Waals surface area contributed by atoms with E-state index < -0.39 is 0 Å². The Labute approximate surface area is 281 Å². The summed E-state index contributed by atoms with van der Waals surface area (Å²) in [6.45, 7) is 27.3. The van der Waals surface area contributed by atoms with Crippen molar-refractivity contribution in [1.82, 2.24) is 0 Å². The maximum atomic E-state index is 4.19. The van der Waals surface area contributed by atoms with Gasteiger partial charge in [0.05, 0.1) is 0 Å². The number of allylic oxidation sites excluding steroid dienone is 8. The standard InChI is InChI=1S/4C8H15N2.2Cu/c4*1-5-10-8(3)6-7(2)9-4;;/h4*6H,5H2,1-4H3;;/q4*-1;2*+2/b3*8-6-,9-7?;7-6-,10-8?;;. The second-order valence-electron chi connectivity index (χ2n) is 8.50. The molecule has 0 rings (SSSR count). The summed E-state index contributed by atoms with van der Waals surface area (Å²) in [7, 11) is 7.13. The van der Waals surface area contributed by atoms with Gasteiger partial charge in [0.1, 0.15) is 0 Å². The first-order valence-electron chi connectivity index (χ1n) is 14.0. The van der Waals surface area contributed by atoms with Crippen molar-refractivity contribution in [3.8, 4) is 0 Å². The van der Waals surface area contributed by atoms with Crippen LogP contribution in [-0.2, 0) is 34.1 Å². The molecule has 0 atom stereocenters. The first-order chi connectivity index (χ1) is 18.8. The van der Waals surface area contributed by atoms with Gasteiger partial charge in [-0.1, -0.05) is 72.8 Å². The molecule has 0 amide bonds. The molecule has 0 aromatic rings. The Balaban J connectivity index is -0.000000101. The molecule has 250 valence electrons. The van der Waals surface area contributed by atoms with Gasteiger partial charge in [-0.3, -0.25) is 20.0 Å². The van der Waals surface area contributed by atoms with E-state index in [1.54, 1.807) is 28.2 Å². The van der Waals surface area contributed by atoms with Gasteiger partial charge in [0.25, 0.3) is 0 Å². The van der Waals surface area contributed by atoms with Crippen LogP contribution in [0, 0.1) is 0 Å². The quantitative estimate of drug-likeness (QED) is 0.144. The molecule has 0 spiro atoms. The first kappa shape index (κ1) is 52.5. The van der Waals surface area contributed by atoms with Gasteiger partial charge in [0, 0.05) is 50.5 Å². The molecule has 0 aromatic heterocycles. The van der Waals surface area contributed by atoms with E-state index in [-0.39, 0.29) is 34.1 Å². The Kier molecular flexibility index (Phi) is 48.6. The van der Waals surface area contributed by atoms with Crippen molar-refractivity contribution in [2.45, 2.75) is 83.1 Å². The molecule has 0 aliphatic heterocycles. The largest absolute Gasteiger partial charge is 2.00 e. The van der Waals surface area contributed by atoms with Crippen molar-refractivity contribution < 1.29 is 34.1 Å². The molecule has 0 heterocycles. The zero-order valence-corrected chi connectivity index (χ0v) is 31.2. The fourth-order valence-electron chi connectivity index (χ4n) is 2.65. The minimum atomic E-state index is 0. The smallest absolute Gasteiger partial charge is 0.691 e. The summed E-state index contributed by atoms with van der Waals surface area (Å²) in [5, 5.41) is 16.6.